The van der Waals surface area contributed by atoms with Crippen LogP contribution in [0.2, 0.25) is 0 Å². The summed E-state index contributed by atoms with van der Waals surface area (Å²) >= 11 is 0. The highest BCUT2D eigenvalue weighted by molar-refractivity contribution is 5.94. The van der Waals surface area contributed by atoms with Crippen molar-refractivity contribution in [1.82, 2.24) is 9.88 Å². The second-order valence-electron chi connectivity index (χ2n) is 10.3. The first-order valence-electron chi connectivity index (χ1n) is 11.9. The monoisotopic (exact) mass is 485 g/mol. The molecule has 10 heteroatoms. The number of rotatable bonds is 6. The van der Waals surface area contributed by atoms with Gasteiger partial charge in [-0.1, -0.05) is 12.8 Å². The van der Waals surface area contributed by atoms with Crippen molar-refractivity contribution in [2.24, 2.45) is 11.8 Å². The van der Waals surface area contributed by atoms with Gasteiger partial charge in [-0.3, -0.25) is 0 Å². The van der Waals surface area contributed by atoms with Crippen LogP contribution in [-0.4, -0.2) is 64.8 Å². The average Bonchev–Trinajstić information content (AvgIpc) is 2.73. The molecule has 0 bridgehead atoms. The van der Waals surface area contributed by atoms with E-state index in [-0.39, 0.29) is 25.1 Å². The van der Waals surface area contributed by atoms with Crippen LogP contribution >= 0.6 is 0 Å². The Hall–Kier alpha value is -2.52. The maximum Gasteiger partial charge on any atom is 0.410 e. The van der Waals surface area contributed by atoms with Gasteiger partial charge in [0.1, 0.15) is 11.2 Å². The Morgan fingerprint density at radius 2 is 1.88 bits per heavy atom. The van der Waals surface area contributed by atoms with E-state index in [0.717, 1.165) is 31.5 Å². The van der Waals surface area contributed by atoms with Crippen LogP contribution in [0.3, 0.4) is 0 Å². The van der Waals surface area contributed by atoms with Gasteiger partial charge in [0.15, 0.2) is 0 Å². The summed E-state index contributed by atoms with van der Waals surface area (Å²) in [6.45, 7) is 6.37. The molecule has 2 aliphatic rings. The molecule has 0 saturated carbocycles. The van der Waals surface area contributed by atoms with Crippen molar-refractivity contribution in [3.63, 3.8) is 0 Å². The first kappa shape index (κ1) is 26.1. The van der Waals surface area contributed by atoms with E-state index in [1.54, 1.807) is 20.8 Å². The third kappa shape index (κ3) is 6.76. The zero-order valence-corrected chi connectivity index (χ0v) is 20.0. The molecule has 3 heterocycles. The minimum absolute atomic E-state index is 0.00801. The highest BCUT2D eigenvalue weighted by Crippen LogP contribution is 2.38. The zero-order valence-electron chi connectivity index (χ0n) is 20.0. The van der Waals surface area contributed by atoms with Crippen LogP contribution in [0.1, 0.15) is 69.7 Å². The Morgan fingerprint density at radius 3 is 2.50 bits per heavy atom. The lowest BCUT2D eigenvalue weighted by atomic mass is 9.85. The molecule has 190 valence electrons. The number of carboxylic acid groups (broad SMARTS) is 1. The van der Waals surface area contributed by atoms with Crippen LogP contribution in [0.25, 0.3) is 0 Å². The third-order valence-electron chi connectivity index (χ3n) is 6.60. The fourth-order valence-electron chi connectivity index (χ4n) is 4.74. The smallest absolute Gasteiger partial charge is 0.410 e. The number of hydrogen-bond acceptors (Lipinski definition) is 5. The van der Waals surface area contributed by atoms with Crippen LogP contribution < -0.4 is 4.90 Å². The molecule has 1 atom stereocenters. The Balaban J connectivity index is 1.49. The minimum Gasteiger partial charge on any atom is -0.478 e. The van der Waals surface area contributed by atoms with E-state index in [1.165, 1.54) is 4.90 Å². The zero-order chi connectivity index (χ0) is 25.1. The number of aromatic carboxylic acids is 1. The Bertz CT molecular complexity index is 883. The third-order valence-corrected chi connectivity index (χ3v) is 6.60. The van der Waals surface area contributed by atoms with Crippen molar-refractivity contribution in [1.29, 1.82) is 0 Å². The van der Waals surface area contributed by atoms with E-state index in [0.29, 0.717) is 37.5 Å². The molecule has 2 aliphatic heterocycles. The summed E-state index contributed by atoms with van der Waals surface area (Å²) in [6.07, 6.45) is 3.40. The maximum absolute atomic E-state index is 14.5. The number of carbonyl (C=O) groups is 2. The van der Waals surface area contributed by atoms with E-state index in [9.17, 15) is 27.9 Å². The summed E-state index contributed by atoms with van der Waals surface area (Å²) in [6, 6.07) is 1.14. The number of carboxylic acids is 1. The van der Waals surface area contributed by atoms with Gasteiger partial charge in [-0.15, -0.1) is 0 Å². The molecule has 2 saturated heterocycles. The lowest BCUT2D eigenvalue weighted by Crippen LogP contribution is -2.50. The molecule has 1 aromatic rings. The highest BCUT2D eigenvalue weighted by atomic mass is 19.3. The van der Waals surface area contributed by atoms with Crippen molar-refractivity contribution >= 4 is 17.7 Å². The van der Waals surface area contributed by atoms with Crippen molar-refractivity contribution in [3.05, 3.63) is 23.8 Å². The van der Waals surface area contributed by atoms with Crippen LogP contribution in [0, 0.1) is 17.8 Å². The largest absolute Gasteiger partial charge is 0.478 e. The summed E-state index contributed by atoms with van der Waals surface area (Å²) in [7, 11) is 0. The topological polar surface area (TPSA) is 83.0 Å². The van der Waals surface area contributed by atoms with Gasteiger partial charge in [-0.25, -0.2) is 23.4 Å². The Morgan fingerprint density at radius 1 is 1.21 bits per heavy atom. The molecule has 1 amide bonds. The molecule has 7 nitrogen and oxygen atoms in total. The van der Waals surface area contributed by atoms with Gasteiger partial charge in [0.25, 0.3) is 5.92 Å². The van der Waals surface area contributed by atoms with Crippen molar-refractivity contribution in [2.45, 2.75) is 70.8 Å². The molecular formula is C24H34F3N3O4. The molecule has 0 aromatic carbocycles. The van der Waals surface area contributed by atoms with Gasteiger partial charge in [0, 0.05) is 50.8 Å². The van der Waals surface area contributed by atoms with Gasteiger partial charge in [-0.05, 0) is 46.0 Å². The predicted octanol–water partition coefficient (Wildman–Crippen LogP) is 5.20. The van der Waals surface area contributed by atoms with E-state index in [4.69, 9.17) is 4.74 Å². The molecule has 34 heavy (non-hydrogen) atoms. The Labute approximate surface area is 198 Å². The summed E-state index contributed by atoms with van der Waals surface area (Å²) in [5.74, 6) is -5.25. The summed E-state index contributed by atoms with van der Waals surface area (Å²) in [4.78, 5) is 30.4. The lowest BCUT2D eigenvalue weighted by molar-refractivity contribution is -0.108. The molecule has 1 N–H and O–H groups in total. The molecular weight excluding hydrogens is 451 g/mol. The van der Waals surface area contributed by atoms with Crippen molar-refractivity contribution in [3.8, 4) is 0 Å². The minimum atomic E-state index is -2.81. The van der Waals surface area contributed by atoms with Gasteiger partial charge >= 0.3 is 12.1 Å². The molecule has 1 aromatic heterocycles. The predicted molar refractivity (Wildman–Crippen MR) is 121 cm³/mol. The standard InChI is InChI=1S/C24H34F3N3O4/c1-23(2,3)34-22(33)30-12-9-24(26,27)17(15-30)6-4-5-16-7-10-29(11-8-16)19-13-20(25)28-14-18(19)21(31)32/h13-14,16-17H,4-12,15H2,1-3H3,(H,31,32). The van der Waals surface area contributed by atoms with E-state index in [2.05, 4.69) is 4.98 Å². The van der Waals surface area contributed by atoms with E-state index >= 15 is 0 Å². The fraction of sp³-hybridized carbons (Fsp3) is 0.708. The molecule has 0 radical (unpaired) electrons. The quantitative estimate of drug-likeness (QED) is 0.558. The van der Waals surface area contributed by atoms with E-state index in [1.807, 2.05) is 4.90 Å². The number of nitrogens with zero attached hydrogens (tertiary/aromatic N) is 3. The van der Waals surface area contributed by atoms with Gasteiger partial charge in [-0.2, -0.15) is 4.39 Å². The number of pyridine rings is 1. The molecule has 3 rings (SSSR count). The van der Waals surface area contributed by atoms with Gasteiger partial charge in [0.2, 0.25) is 5.95 Å². The molecule has 2 fully saturated rings. The number of hydrogen-bond donors (Lipinski definition) is 1. The second-order valence-corrected chi connectivity index (χ2v) is 10.3. The summed E-state index contributed by atoms with van der Waals surface area (Å²) < 4.78 is 48.0. The van der Waals surface area contributed by atoms with E-state index < -0.39 is 35.5 Å². The molecule has 1 unspecified atom stereocenters. The summed E-state index contributed by atoms with van der Waals surface area (Å²) in [5, 5.41) is 9.35. The maximum atomic E-state index is 14.5. The SMILES string of the molecule is CC(C)(C)OC(=O)N1CCC(F)(F)C(CCCC2CCN(c3cc(F)ncc3C(=O)O)CC2)C1. The molecule has 0 aliphatic carbocycles. The number of carbonyl (C=O) groups excluding carboxylic acids is 1. The van der Waals surface area contributed by atoms with Crippen LogP contribution in [0.5, 0.6) is 0 Å². The van der Waals surface area contributed by atoms with Gasteiger partial charge < -0.3 is 19.6 Å². The van der Waals surface area contributed by atoms with Crippen molar-refractivity contribution < 1.29 is 32.6 Å². The lowest BCUT2D eigenvalue weighted by Gasteiger charge is -2.39. The van der Waals surface area contributed by atoms with Crippen LogP contribution in [-0.2, 0) is 4.74 Å². The molecule has 0 spiro atoms. The second kappa shape index (κ2) is 10.4. The van der Waals surface area contributed by atoms with Crippen LogP contribution in [0.4, 0.5) is 23.7 Å². The number of aromatic nitrogens is 1. The first-order valence-corrected chi connectivity index (χ1v) is 11.9. The first-order chi connectivity index (χ1) is 15.9. The number of anilines is 1. The Kier molecular flexibility index (Phi) is 7.98. The number of ether oxygens (including phenoxy) is 1. The number of piperidine rings is 2. The number of amides is 1. The number of alkyl halides is 2. The number of halogens is 3. The normalized spacial score (nSPS) is 21.4. The van der Waals surface area contributed by atoms with Crippen LogP contribution in [0.15, 0.2) is 12.3 Å². The number of likely N-dealkylation sites (tertiary alicyclic amines) is 1. The summed E-state index contributed by atoms with van der Waals surface area (Å²) in [5.41, 5.74) is -0.384. The fourth-order valence-corrected chi connectivity index (χ4v) is 4.74. The average molecular weight is 486 g/mol. The van der Waals surface area contributed by atoms with Crippen molar-refractivity contribution in [2.75, 3.05) is 31.1 Å². The van der Waals surface area contributed by atoms with Gasteiger partial charge in [0.05, 0.1) is 5.69 Å². The highest BCUT2D eigenvalue weighted by Gasteiger charge is 2.45.